The zero-order valence-electron chi connectivity index (χ0n) is 23.4. The minimum Gasteiger partial charge on any atom is -0.481 e. The van der Waals surface area contributed by atoms with Gasteiger partial charge in [0.15, 0.2) is 0 Å². The minimum absolute atomic E-state index is 0.0648. The van der Waals surface area contributed by atoms with Gasteiger partial charge in [0.25, 0.3) is 0 Å². The number of ether oxygens (including phenoxy) is 1. The van der Waals surface area contributed by atoms with Gasteiger partial charge in [-0.1, -0.05) is 78.9 Å². The molecule has 1 unspecified atom stereocenters. The van der Waals surface area contributed by atoms with Crippen molar-refractivity contribution in [2.45, 2.75) is 37.8 Å². The van der Waals surface area contributed by atoms with Crippen LogP contribution in [0.15, 0.2) is 78.9 Å². The summed E-state index contributed by atoms with van der Waals surface area (Å²) in [5, 5.41) is 11.7. The fourth-order valence-corrected chi connectivity index (χ4v) is 5.93. The Bertz CT molecular complexity index is 1330. The van der Waals surface area contributed by atoms with Crippen LogP contribution >= 0.6 is 0 Å². The third-order valence-electron chi connectivity index (χ3n) is 8.00. The molecule has 0 radical (unpaired) electrons. The van der Waals surface area contributed by atoms with Crippen LogP contribution < -0.4 is 5.32 Å². The van der Waals surface area contributed by atoms with Gasteiger partial charge in [-0.3, -0.25) is 14.5 Å². The summed E-state index contributed by atoms with van der Waals surface area (Å²) in [6.07, 6.45) is 0.898. The van der Waals surface area contributed by atoms with Crippen LogP contribution in [0, 0.1) is 5.92 Å². The van der Waals surface area contributed by atoms with Gasteiger partial charge in [-0.05, 0) is 53.6 Å². The Labute approximate surface area is 240 Å². The molecule has 0 aromatic heterocycles. The SMILES string of the molecule is CN(Cc1ccccc1)CC(NC(=O)OCC1c2ccccc2-c2ccccc21)C(=O)N1CC(CCCC(=O)O)C1. The van der Waals surface area contributed by atoms with Crippen LogP contribution in [0.1, 0.15) is 41.9 Å². The Hall–Kier alpha value is -4.17. The summed E-state index contributed by atoms with van der Waals surface area (Å²) in [6.45, 7) is 2.29. The Kier molecular flexibility index (Phi) is 8.99. The highest BCUT2D eigenvalue weighted by atomic mass is 16.5. The maximum absolute atomic E-state index is 13.5. The predicted octanol–water partition coefficient (Wildman–Crippen LogP) is 4.74. The van der Waals surface area contributed by atoms with Gasteiger partial charge < -0.3 is 20.1 Å². The van der Waals surface area contributed by atoms with E-state index in [1.54, 1.807) is 4.90 Å². The molecule has 2 amide bonds. The van der Waals surface area contributed by atoms with Crippen molar-refractivity contribution in [3.05, 3.63) is 95.6 Å². The van der Waals surface area contributed by atoms with Gasteiger partial charge in [0.2, 0.25) is 5.91 Å². The van der Waals surface area contributed by atoms with E-state index in [1.165, 1.54) is 0 Å². The first-order chi connectivity index (χ1) is 19.9. The van der Waals surface area contributed by atoms with Crippen molar-refractivity contribution < 1.29 is 24.2 Å². The van der Waals surface area contributed by atoms with Crippen molar-refractivity contribution in [3.63, 3.8) is 0 Å². The van der Waals surface area contributed by atoms with E-state index in [0.717, 1.165) is 34.2 Å². The number of nitrogens with zero attached hydrogens (tertiary/aromatic N) is 2. The number of likely N-dealkylation sites (tertiary alicyclic amines) is 1. The number of benzene rings is 3. The van der Waals surface area contributed by atoms with Gasteiger partial charge in [-0.15, -0.1) is 0 Å². The largest absolute Gasteiger partial charge is 0.481 e. The number of rotatable bonds is 12. The molecule has 1 aliphatic heterocycles. The number of carboxylic acid groups (broad SMARTS) is 1. The van der Waals surface area contributed by atoms with Gasteiger partial charge in [0.1, 0.15) is 12.6 Å². The topological polar surface area (TPSA) is 99.2 Å². The van der Waals surface area contributed by atoms with Crippen LogP contribution in [0.3, 0.4) is 0 Å². The van der Waals surface area contributed by atoms with E-state index in [1.807, 2.05) is 66.5 Å². The lowest BCUT2D eigenvalue weighted by Crippen LogP contribution is -2.59. The summed E-state index contributed by atoms with van der Waals surface area (Å²) in [6, 6.07) is 25.6. The predicted molar refractivity (Wildman–Crippen MR) is 156 cm³/mol. The molecular weight excluding hydrogens is 518 g/mol. The van der Waals surface area contributed by atoms with Gasteiger partial charge in [-0.25, -0.2) is 4.79 Å². The lowest BCUT2D eigenvalue weighted by atomic mass is 9.93. The summed E-state index contributed by atoms with van der Waals surface area (Å²) in [5.41, 5.74) is 5.69. The molecule has 1 heterocycles. The van der Waals surface area contributed by atoms with Crippen molar-refractivity contribution >= 4 is 18.0 Å². The molecule has 1 saturated heterocycles. The molecule has 3 aromatic rings. The molecule has 0 saturated carbocycles. The average molecular weight is 556 g/mol. The smallest absolute Gasteiger partial charge is 0.407 e. The molecule has 5 rings (SSSR count). The fourth-order valence-electron chi connectivity index (χ4n) is 5.93. The van der Waals surface area contributed by atoms with E-state index in [-0.39, 0.29) is 30.8 Å². The van der Waals surface area contributed by atoms with E-state index < -0.39 is 18.1 Å². The number of amides is 2. The molecule has 214 valence electrons. The van der Waals surface area contributed by atoms with Crippen molar-refractivity contribution in [2.75, 3.05) is 33.3 Å². The highest BCUT2D eigenvalue weighted by Crippen LogP contribution is 2.44. The van der Waals surface area contributed by atoms with Gasteiger partial charge in [0.05, 0.1) is 0 Å². The summed E-state index contributed by atoms with van der Waals surface area (Å²) in [7, 11) is 1.93. The number of carboxylic acids is 1. The molecule has 0 spiro atoms. The lowest BCUT2D eigenvalue weighted by molar-refractivity contribution is -0.141. The zero-order chi connectivity index (χ0) is 28.8. The Morgan fingerprint density at radius 1 is 0.951 bits per heavy atom. The lowest BCUT2D eigenvalue weighted by Gasteiger charge is -2.41. The molecule has 2 N–H and O–H groups in total. The number of alkyl carbamates (subject to hydrolysis) is 1. The minimum atomic E-state index is -0.800. The maximum Gasteiger partial charge on any atom is 0.407 e. The maximum atomic E-state index is 13.5. The third-order valence-corrected chi connectivity index (χ3v) is 8.00. The van der Waals surface area contributed by atoms with Crippen molar-refractivity contribution in [1.82, 2.24) is 15.1 Å². The van der Waals surface area contributed by atoms with E-state index in [2.05, 4.69) is 29.6 Å². The number of nitrogens with one attached hydrogen (secondary N) is 1. The van der Waals surface area contributed by atoms with Crippen LogP contribution in [0.5, 0.6) is 0 Å². The number of likely N-dealkylation sites (N-methyl/N-ethyl adjacent to an activating group) is 1. The standard InChI is InChI=1S/C33H37N3O5/c1-35(18-23-10-3-2-4-11-23)21-30(32(39)36-19-24(20-36)12-9-17-31(37)38)34-33(40)41-22-29-27-15-7-5-13-25(27)26-14-6-8-16-28(26)29/h2-8,10-11,13-16,24,29-30H,9,12,17-22H2,1H3,(H,34,40)(H,37,38). The van der Waals surface area contributed by atoms with Crippen LogP contribution in [0.25, 0.3) is 11.1 Å². The number of aliphatic carboxylic acids is 1. The number of hydrogen-bond donors (Lipinski definition) is 2. The Morgan fingerprint density at radius 3 is 2.20 bits per heavy atom. The van der Waals surface area contributed by atoms with E-state index in [0.29, 0.717) is 32.6 Å². The molecule has 1 fully saturated rings. The first-order valence-electron chi connectivity index (χ1n) is 14.2. The zero-order valence-corrected chi connectivity index (χ0v) is 23.4. The van der Waals surface area contributed by atoms with E-state index in [4.69, 9.17) is 9.84 Å². The van der Waals surface area contributed by atoms with Crippen LogP contribution in [0.4, 0.5) is 4.79 Å². The van der Waals surface area contributed by atoms with Crippen LogP contribution in [-0.2, 0) is 20.9 Å². The average Bonchev–Trinajstić information content (AvgIpc) is 3.26. The highest BCUT2D eigenvalue weighted by Gasteiger charge is 2.36. The van der Waals surface area contributed by atoms with Crippen LogP contribution in [0.2, 0.25) is 0 Å². The van der Waals surface area contributed by atoms with Crippen LogP contribution in [-0.4, -0.2) is 72.2 Å². The number of carbonyl (C=O) groups excluding carboxylic acids is 2. The number of fused-ring (bicyclic) bond motifs is 3. The second kappa shape index (κ2) is 13.0. The molecule has 0 bridgehead atoms. The van der Waals surface area contributed by atoms with Gasteiger partial charge in [0, 0.05) is 38.5 Å². The summed E-state index contributed by atoms with van der Waals surface area (Å²) in [4.78, 5) is 41.2. The monoisotopic (exact) mass is 555 g/mol. The van der Waals surface area contributed by atoms with Gasteiger partial charge in [-0.2, -0.15) is 0 Å². The molecule has 8 nitrogen and oxygen atoms in total. The Morgan fingerprint density at radius 2 is 1.56 bits per heavy atom. The molecule has 2 aliphatic rings. The van der Waals surface area contributed by atoms with Crippen molar-refractivity contribution in [3.8, 4) is 11.1 Å². The molecule has 41 heavy (non-hydrogen) atoms. The first kappa shape index (κ1) is 28.4. The van der Waals surface area contributed by atoms with E-state index in [9.17, 15) is 14.4 Å². The molecule has 3 aromatic carbocycles. The first-order valence-corrected chi connectivity index (χ1v) is 14.2. The van der Waals surface area contributed by atoms with E-state index >= 15 is 0 Å². The summed E-state index contributed by atoms with van der Waals surface area (Å²) >= 11 is 0. The Balaban J connectivity index is 1.21. The summed E-state index contributed by atoms with van der Waals surface area (Å²) in [5.74, 6) is -0.723. The molecule has 8 heteroatoms. The summed E-state index contributed by atoms with van der Waals surface area (Å²) < 4.78 is 5.75. The molecule has 1 atom stereocenters. The third kappa shape index (κ3) is 6.95. The second-order valence-corrected chi connectivity index (χ2v) is 11.1. The molecule has 1 aliphatic carbocycles. The van der Waals surface area contributed by atoms with Crippen molar-refractivity contribution in [2.24, 2.45) is 5.92 Å². The van der Waals surface area contributed by atoms with Gasteiger partial charge >= 0.3 is 12.1 Å². The second-order valence-electron chi connectivity index (χ2n) is 11.1. The fraction of sp³-hybridized carbons (Fsp3) is 0.364. The van der Waals surface area contributed by atoms with Crippen molar-refractivity contribution in [1.29, 1.82) is 0 Å². The number of carbonyl (C=O) groups is 3. The molecular formula is C33H37N3O5. The number of hydrogen-bond acceptors (Lipinski definition) is 5. The highest BCUT2D eigenvalue weighted by molar-refractivity contribution is 5.86. The normalized spacial score (nSPS) is 15.1. The quantitative estimate of drug-likeness (QED) is 0.335.